The number of nitrogens with zero attached hydrogens (tertiary/aromatic N) is 4. The molecular formula is C17H20N4O4. The van der Waals surface area contributed by atoms with Crippen molar-refractivity contribution in [3.8, 4) is 0 Å². The van der Waals surface area contributed by atoms with Crippen LogP contribution in [-0.2, 0) is 0 Å². The highest BCUT2D eigenvalue weighted by Crippen LogP contribution is 2.21. The van der Waals surface area contributed by atoms with Crippen LogP contribution in [0, 0.1) is 41.6 Å². The Kier molecular flexibility index (Phi) is 3.78. The summed E-state index contributed by atoms with van der Waals surface area (Å²) < 4.78 is 2.61. The van der Waals surface area contributed by atoms with Crippen molar-refractivity contribution in [3.05, 3.63) is 55.7 Å². The lowest BCUT2D eigenvalue weighted by Crippen LogP contribution is -2.47. The van der Waals surface area contributed by atoms with Crippen LogP contribution in [0.25, 0.3) is 22.1 Å². The standard InChI is InChI=1S/C17H20N4O4/c1-6-9(2)17-12(5)20(24)15-7-13-14(8-16(15)21(17)25)19(23)11(4)10(3)18(13)22/h7-9H,6H2,1-5H3. The van der Waals surface area contributed by atoms with Crippen LogP contribution in [0.3, 0.4) is 0 Å². The minimum absolute atomic E-state index is 0.0610. The fourth-order valence-corrected chi connectivity index (χ4v) is 3.17. The largest absolute Gasteiger partial charge is 0.618 e. The smallest absolute Gasteiger partial charge is 0.297 e. The van der Waals surface area contributed by atoms with E-state index in [1.807, 2.05) is 13.8 Å². The summed E-state index contributed by atoms with van der Waals surface area (Å²) >= 11 is 0. The Morgan fingerprint density at radius 3 is 1.48 bits per heavy atom. The molecule has 3 aromatic rings. The number of fused-ring (bicyclic) bond motifs is 2. The third-order valence-corrected chi connectivity index (χ3v) is 5.05. The van der Waals surface area contributed by atoms with Gasteiger partial charge in [0.15, 0.2) is 0 Å². The first-order chi connectivity index (χ1) is 11.7. The summed E-state index contributed by atoms with van der Waals surface area (Å²) in [6.07, 6.45) is 0.697. The molecular weight excluding hydrogens is 324 g/mol. The van der Waals surface area contributed by atoms with Crippen molar-refractivity contribution in [2.45, 2.75) is 47.0 Å². The number of aromatic nitrogens is 4. The zero-order valence-corrected chi connectivity index (χ0v) is 14.9. The van der Waals surface area contributed by atoms with Crippen LogP contribution in [0.1, 0.15) is 49.0 Å². The molecule has 0 bridgehead atoms. The van der Waals surface area contributed by atoms with Crippen molar-refractivity contribution < 1.29 is 18.9 Å². The van der Waals surface area contributed by atoms with Gasteiger partial charge in [0.25, 0.3) is 44.8 Å². The van der Waals surface area contributed by atoms with Crippen molar-refractivity contribution in [1.82, 2.24) is 0 Å². The highest BCUT2D eigenvalue weighted by atomic mass is 16.5. The van der Waals surface area contributed by atoms with Gasteiger partial charge in [-0.05, 0) is 6.42 Å². The summed E-state index contributed by atoms with van der Waals surface area (Å²) in [5, 5.41) is 50.4. The van der Waals surface area contributed by atoms with Gasteiger partial charge < -0.3 is 20.8 Å². The molecule has 0 aliphatic rings. The third-order valence-electron chi connectivity index (χ3n) is 5.05. The molecule has 0 saturated carbocycles. The van der Waals surface area contributed by atoms with Crippen LogP contribution in [0.5, 0.6) is 0 Å². The molecule has 8 heteroatoms. The highest BCUT2D eigenvalue weighted by Gasteiger charge is 2.32. The summed E-state index contributed by atoms with van der Waals surface area (Å²) in [6, 6.07) is 2.64. The van der Waals surface area contributed by atoms with E-state index in [0.717, 1.165) is 0 Å². The molecule has 0 aliphatic carbocycles. The van der Waals surface area contributed by atoms with E-state index in [1.54, 1.807) is 13.8 Å². The molecule has 0 radical (unpaired) electrons. The molecule has 8 nitrogen and oxygen atoms in total. The molecule has 2 aromatic heterocycles. The maximum atomic E-state index is 12.9. The molecule has 0 aliphatic heterocycles. The molecule has 1 unspecified atom stereocenters. The average molecular weight is 344 g/mol. The quantitative estimate of drug-likeness (QED) is 0.392. The van der Waals surface area contributed by atoms with Crippen molar-refractivity contribution in [1.29, 1.82) is 0 Å². The summed E-state index contributed by atoms with van der Waals surface area (Å²) in [5.41, 5.74) is 1.45. The van der Waals surface area contributed by atoms with Crippen LogP contribution in [0.4, 0.5) is 0 Å². The fourth-order valence-electron chi connectivity index (χ4n) is 3.17. The number of hydrogen-bond acceptors (Lipinski definition) is 4. The first kappa shape index (κ1) is 16.9. The van der Waals surface area contributed by atoms with E-state index in [1.165, 1.54) is 19.1 Å². The van der Waals surface area contributed by atoms with E-state index in [4.69, 9.17) is 0 Å². The predicted molar refractivity (Wildman–Crippen MR) is 90.2 cm³/mol. The molecule has 25 heavy (non-hydrogen) atoms. The van der Waals surface area contributed by atoms with E-state index in [9.17, 15) is 20.8 Å². The van der Waals surface area contributed by atoms with Gasteiger partial charge in [-0.25, -0.2) is 0 Å². The Morgan fingerprint density at radius 2 is 1.08 bits per heavy atom. The highest BCUT2D eigenvalue weighted by molar-refractivity contribution is 5.84. The van der Waals surface area contributed by atoms with Crippen LogP contribution >= 0.6 is 0 Å². The van der Waals surface area contributed by atoms with Crippen molar-refractivity contribution in [3.63, 3.8) is 0 Å². The molecule has 1 aromatic carbocycles. The van der Waals surface area contributed by atoms with Gasteiger partial charge in [0.1, 0.15) is 0 Å². The minimum atomic E-state index is -0.110. The van der Waals surface area contributed by atoms with Gasteiger partial charge in [-0.2, -0.15) is 18.9 Å². The Morgan fingerprint density at radius 1 is 0.720 bits per heavy atom. The Hall–Kier alpha value is -2.90. The van der Waals surface area contributed by atoms with E-state index in [-0.39, 0.29) is 39.4 Å². The Bertz CT molecular complexity index is 1030. The lowest BCUT2D eigenvalue weighted by atomic mass is 10.0. The van der Waals surface area contributed by atoms with E-state index >= 15 is 0 Å². The minimum Gasteiger partial charge on any atom is -0.618 e. The topological polar surface area (TPSA) is 108 Å². The summed E-state index contributed by atoms with van der Waals surface area (Å²) in [7, 11) is 0. The van der Waals surface area contributed by atoms with E-state index in [2.05, 4.69) is 0 Å². The maximum absolute atomic E-state index is 12.9. The molecule has 0 spiro atoms. The molecule has 3 rings (SSSR count). The SMILES string of the molecule is CCC(C)c1c(C)[n+]([O-])c2cc3c(cc2[n+]1[O-])[n+]([O-])c(C)c(C)[n+]3[O-]. The van der Waals surface area contributed by atoms with Crippen molar-refractivity contribution >= 4 is 22.1 Å². The van der Waals surface area contributed by atoms with Gasteiger partial charge in [0.2, 0.25) is 0 Å². The van der Waals surface area contributed by atoms with Gasteiger partial charge in [-0.1, -0.05) is 13.8 Å². The molecule has 0 saturated heterocycles. The molecule has 0 amide bonds. The second kappa shape index (κ2) is 5.58. The van der Waals surface area contributed by atoms with Crippen LogP contribution < -0.4 is 18.9 Å². The number of benzene rings is 1. The maximum Gasteiger partial charge on any atom is 0.297 e. The number of hydrogen-bond donors (Lipinski definition) is 0. The molecule has 0 fully saturated rings. The summed E-state index contributed by atoms with van der Waals surface area (Å²) in [4.78, 5) is 0. The lowest BCUT2D eigenvalue weighted by Gasteiger charge is -2.15. The van der Waals surface area contributed by atoms with Gasteiger partial charge in [0, 0.05) is 26.7 Å². The lowest BCUT2D eigenvalue weighted by molar-refractivity contribution is -0.645. The molecule has 0 N–H and O–H groups in total. The second-order valence-electron chi connectivity index (χ2n) is 6.46. The Labute approximate surface area is 144 Å². The molecule has 1 atom stereocenters. The van der Waals surface area contributed by atoms with Gasteiger partial charge in [0.05, 0.1) is 12.1 Å². The van der Waals surface area contributed by atoms with E-state index < -0.39 is 0 Å². The van der Waals surface area contributed by atoms with Crippen LogP contribution in [0.2, 0.25) is 0 Å². The van der Waals surface area contributed by atoms with Gasteiger partial charge in [-0.15, -0.1) is 0 Å². The third kappa shape index (κ3) is 2.20. The van der Waals surface area contributed by atoms with Gasteiger partial charge >= 0.3 is 0 Å². The molecule has 2 heterocycles. The zero-order chi connectivity index (χ0) is 18.6. The summed E-state index contributed by atoms with van der Waals surface area (Å²) in [5.74, 6) is -0.110. The fraction of sp³-hybridized carbons (Fsp3) is 0.412. The Balaban J connectivity index is 2.56. The first-order valence-electron chi connectivity index (χ1n) is 8.16. The first-order valence-corrected chi connectivity index (χ1v) is 8.16. The van der Waals surface area contributed by atoms with Crippen molar-refractivity contribution in [2.75, 3.05) is 0 Å². The monoisotopic (exact) mass is 344 g/mol. The van der Waals surface area contributed by atoms with Gasteiger partial charge in [-0.3, -0.25) is 0 Å². The second-order valence-corrected chi connectivity index (χ2v) is 6.46. The number of rotatable bonds is 2. The zero-order valence-electron chi connectivity index (χ0n) is 14.9. The average Bonchev–Trinajstić information content (AvgIpc) is 2.61. The van der Waals surface area contributed by atoms with Crippen LogP contribution in [-0.4, -0.2) is 0 Å². The predicted octanol–water partition coefficient (Wildman–Crippen LogP) is 0.965. The van der Waals surface area contributed by atoms with E-state index in [0.29, 0.717) is 36.7 Å². The molecule has 132 valence electrons. The summed E-state index contributed by atoms with van der Waals surface area (Å²) in [6.45, 7) is 8.47. The normalized spacial score (nSPS) is 12.8. The van der Waals surface area contributed by atoms with Crippen molar-refractivity contribution in [2.24, 2.45) is 0 Å². The van der Waals surface area contributed by atoms with Crippen LogP contribution in [0.15, 0.2) is 12.1 Å².